The van der Waals surface area contributed by atoms with Gasteiger partial charge in [-0.25, -0.2) is 4.79 Å². The third-order valence-corrected chi connectivity index (χ3v) is 1.32. The lowest BCUT2D eigenvalue weighted by Gasteiger charge is -1.98. The van der Waals surface area contributed by atoms with Crippen molar-refractivity contribution in [1.29, 1.82) is 0 Å². The molecular weight excluding hydrogens is 158 g/mol. The van der Waals surface area contributed by atoms with Gasteiger partial charge in [-0.15, -0.1) is 0 Å². The summed E-state index contributed by atoms with van der Waals surface area (Å²) in [5.41, 5.74) is 0.279. The van der Waals surface area contributed by atoms with E-state index < -0.39 is 5.97 Å². The molecule has 0 aromatic carbocycles. The zero-order valence-electron chi connectivity index (χ0n) is 6.83. The van der Waals surface area contributed by atoms with Crippen molar-refractivity contribution in [2.24, 2.45) is 0 Å². The van der Waals surface area contributed by atoms with E-state index in [2.05, 4.69) is 4.98 Å². The van der Waals surface area contributed by atoms with Crippen LogP contribution in [0.2, 0.25) is 0 Å². The van der Waals surface area contributed by atoms with Crippen LogP contribution in [0.15, 0.2) is 12.3 Å². The monoisotopic (exact) mass is 169 g/mol. The van der Waals surface area contributed by atoms with Crippen LogP contribution in [-0.2, 0) is 4.74 Å². The van der Waals surface area contributed by atoms with E-state index >= 15 is 0 Å². The highest BCUT2D eigenvalue weighted by Gasteiger charge is 2.08. The molecule has 4 nitrogen and oxygen atoms in total. The molecule has 4 heteroatoms. The van der Waals surface area contributed by atoms with E-state index in [9.17, 15) is 4.79 Å². The van der Waals surface area contributed by atoms with Crippen molar-refractivity contribution < 1.29 is 14.6 Å². The Morgan fingerprint density at radius 2 is 2.50 bits per heavy atom. The lowest BCUT2D eigenvalue weighted by Crippen LogP contribution is -2.05. The third-order valence-electron chi connectivity index (χ3n) is 1.32. The normalized spacial score (nSPS) is 9.75. The fourth-order valence-corrected chi connectivity index (χ4v) is 0.773. The zero-order chi connectivity index (χ0) is 8.97. The molecule has 0 saturated heterocycles. The Kier molecular flexibility index (Phi) is 2.74. The van der Waals surface area contributed by atoms with Crippen LogP contribution in [0, 0.1) is 0 Å². The second kappa shape index (κ2) is 3.80. The second-order valence-corrected chi connectivity index (χ2v) is 2.41. The van der Waals surface area contributed by atoms with Gasteiger partial charge < -0.3 is 14.8 Å². The van der Waals surface area contributed by atoms with Crippen molar-refractivity contribution >= 4 is 5.97 Å². The standard InChI is InChI=1S/C8H11NO3/c1-2-3-12-8(11)7-4-6(10)5-9-7/h4-5,9-10H,2-3H2,1H3. The molecule has 0 radical (unpaired) electrons. The number of hydrogen-bond donors (Lipinski definition) is 2. The molecule has 0 atom stereocenters. The molecule has 66 valence electrons. The minimum atomic E-state index is -0.433. The Morgan fingerprint density at radius 3 is 3.00 bits per heavy atom. The number of esters is 1. The summed E-state index contributed by atoms with van der Waals surface area (Å²) in [6.07, 6.45) is 2.13. The van der Waals surface area contributed by atoms with E-state index in [1.54, 1.807) is 0 Å². The number of carbonyl (C=O) groups excluding carboxylic acids is 1. The van der Waals surface area contributed by atoms with Crippen molar-refractivity contribution in [3.8, 4) is 5.75 Å². The average molecular weight is 169 g/mol. The number of aromatic hydroxyl groups is 1. The number of aromatic nitrogens is 1. The van der Waals surface area contributed by atoms with Crippen molar-refractivity contribution in [2.75, 3.05) is 6.61 Å². The van der Waals surface area contributed by atoms with E-state index in [-0.39, 0.29) is 11.4 Å². The van der Waals surface area contributed by atoms with Crippen molar-refractivity contribution in [3.63, 3.8) is 0 Å². The fourth-order valence-electron chi connectivity index (χ4n) is 0.773. The summed E-state index contributed by atoms with van der Waals surface area (Å²) in [4.78, 5) is 13.6. The van der Waals surface area contributed by atoms with Crippen LogP contribution < -0.4 is 0 Å². The lowest BCUT2D eigenvalue weighted by molar-refractivity contribution is 0.0499. The van der Waals surface area contributed by atoms with Gasteiger partial charge >= 0.3 is 5.97 Å². The molecule has 0 aliphatic rings. The Morgan fingerprint density at radius 1 is 1.75 bits per heavy atom. The lowest BCUT2D eigenvalue weighted by atomic mass is 10.4. The average Bonchev–Trinajstić information content (AvgIpc) is 2.47. The van der Waals surface area contributed by atoms with Gasteiger partial charge in [0.25, 0.3) is 0 Å². The van der Waals surface area contributed by atoms with Crippen molar-refractivity contribution in [3.05, 3.63) is 18.0 Å². The number of rotatable bonds is 3. The highest BCUT2D eigenvalue weighted by atomic mass is 16.5. The summed E-state index contributed by atoms with van der Waals surface area (Å²) in [7, 11) is 0. The summed E-state index contributed by atoms with van der Waals surface area (Å²) in [5, 5.41) is 8.89. The molecule has 1 aromatic rings. The van der Waals surface area contributed by atoms with Gasteiger partial charge in [0.1, 0.15) is 11.4 Å². The highest BCUT2D eigenvalue weighted by Crippen LogP contribution is 2.10. The van der Waals surface area contributed by atoms with Crippen LogP contribution in [-0.4, -0.2) is 22.7 Å². The molecule has 0 spiro atoms. The van der Waals surface area contributed by atoms with Gasteiger partial charge in [0.15, 0.2) is 0 Å². The minimum absolute atomic E-state index is 0.0402. The van der Waals surface area contributed by atoms with Crippen LogP contribution in [0.5, 0.6) is 5.75 Å². The zero-order valence-corrected chi connectivity index (χ0v) is 6.83. The number of hydrogen-bond acceptors (Lipinski definition) is 3. The minimum Gasteiger partial charge on any atom is -0.506 e. The van der Waals surface area contributed by atoms with Crippen LogP contribution in [0.4, 0.5) is 0 Å². The number of H-pyrrole nitrogens is 1. The van der Waals surface area contributed by atoms with E-state index in [1.165, 1.54) is 12.3 Å². The summed E-state index contributed by atoms with van der Waals surface area (Å²) >= 11 is 0. The van der Waals surface area contributed by atoms with Gasteiger partial charge in [-0.2, -0.15) is 0 Å². The van der Waals surface area contributed by atoms with Gasteiger partial charge in [-0.1, -0.05) is 6.92 Å². The molecule has 0 saturated carbocycles. The maximum absolute atomic E-state index is 11.1. The Balaban J connectivity index is 2.53. The molecule has 0 amide bonds. The molecule has 12 heavy (non-hydrogen) atoms. The summed E-state index contributed by atoms with van der Waals surface area (Å²) < 4.78 is 4.81. The first-order valence-corrected chi connectivity index (χ1v) is 3.78. The largest absolute Gasteiger partial charge is 0.506 e. The van der Waals surface area contributed by atoms with Crippen LogP contribution in [0.25, 0.3) is 0 Å². The number of carbonyl (C=O) groups is 1. The van der Waals surface area contributed by atoms with Crippen LogP contribution in [0.1, 0.15) is 23.8 Å². The molecule has 0 aliphatic heterocycles. The Bertz CT molecular complexity index is 267. The second-order valence-electron chi connectivity index (χ2n) is 2.41. The summed E-state index contributed by atoms with van der Waals surface area (Å²) in [6, 6.07) is 1.33. The maximum atomic E-state index is 11.1. The topological polar surface area (TPSA) is 62.3 Å². The molecule has 0 bridgehead atoms. The fraction of sp³-hybridized carbons (Fsp3) is 0.375. The van der Waals surface area contributed by atoms with Gasteiger partial charge in [0, 0.05) is 12.3 Å². The van der Waals surface area contributed by atoms with Gasteiger partial charge in [0.2, 0.25) is 0 Å². The SMILES string of the molecule is CCCOC(=O)c1cc(O)c[nH]1. The first kappa shape index (κ1) is 8.64. The van der Waals surface area contributed by atoms with Gasteiger partial charge in [0.05, 0.1) is 6.61 Å². The molecule has 1 heterocycles. The molecule has 0 fully saturated rings. The Hall–Kier alpha value is -1.45. The molecule has 1 rings (SSSR count). The first-order valence-electron chi connectivity index (χ1n) is 3.78. The number of nitrogens with one attached hydrogen (secondary N) is 1. The number of aromatic amines is 1. The third kappa shape index (κ3) is 2.02. The quantitative estimate of drug-likeness (QED) is 0.670. The first-order chi connectivity index (χ1) is 5.74. The summed E-state index contributed by atoms with van der Waals surface area (Å²) in [6.45, 7) is 2.32. The highest BCUT2D eigenvalue weighted by molar-refractivity contribution is 5.87. The molecule has 0 unspecified atom stereocenters. The molecular formula is C8H11NO3. The van der Waals surface area contributed by atoms with Gasteiger partial charge in [-0.05, 0) is 6.42 Å². The smallest absolute Gasteiger partial charge is 0.354 e. The summed E-state index contributed by atoms with van der Waals surface area (Å²) in [5.74, 6) is -0.393. The van der Waals surface area contributed by atoms with Gasteiger partial charge in [-0.3, -0.25) is 0 Å². The molecule has 1 aromatic heterocycles. The van der Waals surface area contributed by atoms with E-state index in [0.717, 1.165) is 6.42 Å². The molecule has 0 aliphatic carbocycles. The predicted molar refractivity (Wildman–Crippen MR) is 43.0 cm³/mol. The maximum Gasteiger partial charge on any atom is 0.354 e. The van der Waals surface area contributed by atoms with E-state index in [0.29, 0.717) is 6.61 Å². The Labute approximate surface area is 70.2 Å². The van der Waals surface area contributed by atoms with E-state index in [4.69, 9.17) is 9.84 Å². The van der Waals surface area contributed by atoms with Crippen molar-refractivity contribution in [2.45, 2.75) is 13.3 Å². The number of ether oxygens (including phenoxy) is 1. The predicted octanol–water partition coefficient (Wildman–Crippen LogP) is 1.29. The van der Waals surface area contributed by atoms with Crippen LogP contribution >= 0.6 is 0 Å². The van der Waals surface area contributed by atoms with E-state index in [1.807, 2.05) is 6.92 Å². The molecule has 2 N–H and O–H groups in total. The van der Waals surface area contributed by atoms with Crippen LogP contribution in [0.3, 0.4) is 0 Å². The van der Waals surface area contributed by atoms with Crippen molar-refractivity contribution in [1.82, 2.24) is 4.98 Å².